The highest BCUT2D eigenvalue weighted by Gasteiger charge is 2.37. The zero-order valence-corrected chi connectivity index (χ0v) is 5.55. The molecule has 3 atom stereocenters. The first-order valence-corrected chi connectivity index (χ1v) is 3.75. The molecule has 1 aliphatic carbocycles. The molecule has 0 aromatic rings. The van der Waals surface area contributed by atoms with Crippen molar-refractivity contribution in [1.82, 2.24) is 0 Å². The minimum atomic E-state index is 0.345. The highest BCUT2D eigenvalue weighted by Crippen LogP contribution is 2.34. The zero-order valence-electron chi connectivity index (χ0n) is 5.55. The molecular formula is C7H13NO. The zero-order chi connectivity index (χ0) is 6.27. The Kier molecular flexibility index (Phi) is 1.24. The van der Waals surface area contributed by atoms with Crippen molar-refractivity contribution in [2.45, 2.75) is 31.4 Å². The van der Waals surface area contributed by atoms with Crippen LogP contribution in [-0.2, 0) is 4.74 Å². The first-order valence-electron chi connectivity index (χ1n) is 3.75. The van der Waals surface area contributed by atoms with E-state index in [4.69, 9.17) is 10.5 Å². The molecule has 1 saturated heterocycles. The number of hydrogen-bond acceptors (Lipinski definition) is 2. The van der Waals surface area contributed by atoms with Crippen LogP contribution < -0.4 is 5.73 Å². The van der Waals surface area contributed by atoms with Crippen molar-refractivity contribution >= 4 is 0 Å². The monoisotopic (exact) mass is 127 g/mol. The molecule has 0 radical (unpaired) electrons. The molecule has 2 heteroatoms. The molecule has 2 rings (SSSR count). The van der Waals surface area contributed by atoms with Crippen LogP contribution >= 0.6 is 0 Å². The van der Waals surface area contributed by atoms with E-state index in [1.54, 1.807) is 0 Å². The summed E-state index contributed by atoms with van der Waals surface area (Å²) < 4.78 is 5.46. The fraction of sp³-hybridized carbons (Fsp3) is 1.00. The molecular weight excluding hydrogens is 114 g/mol. The Morgan fingerprint density at radius 2 is 2.22 bits per heavy atom. The lowest BCUT2D eigenvalue weighted by Gasteiger charge is -2.09. The third kappa shape index (κ3) is 0.775. The summed E-state index contributed by atoms with van der Waals surface area (Å²) in [7, 11) is 0. The molecule has 0 aromatic carbocycles. The second-order valence-electron chi connectivity index (χ2n) is 3.13. The predicted octanol–water partition coefficient (Wildman–Crippen LogP) is 0.513. The molecule has 2 fully saturated rings. The van der Waals surface area contributed by atoms with Gasteiger partial charge in [-0.25, -0.2) is 0 Å². The van der Waals surface area contributed by atoms with E-state index in [0.717, 1.165) is 6.61 Å². The lowest BCUT2D eigenvalue weighted by molar-refractivity contribution is 0.102. The number of ether oxygens (including phenoxy) is 1. The number of nitrogens with two attached hydrogens (primary N) is 1. The van der Waals surface area contributed by atoms with Gasteiger partial charge in [0.25, 0.3) is 0 Å². The summed E-state index contributed by atoms with van der Waals surface area (Å²) in [6.45, 7) is 0.801. The van der Waals surface area contributed by atoms with Gasteiger partial charge in [0.05, 0.1) is 12.7 Å². The quantitative estimate of drug-likeness (QED) is 0.514. The van der Waals surface area contributed by atoms with Gasteiger partial charge in [-0.3, -0.25) is 0 Å². The summed E-state index contributed by atoms with van der Waals surface area (Å²) in [5.74, 6) is 0.699. The minimum absolute atomic E-state index is 0.345. The normalized spacial score (nSPS) is 49.7. The van der Waals surface area contributed by atoms with Crippen molar-refractivity contribution in [2.24, 2.45) is 11.7 Å². The van der Waals surface area contributed by atoms with Crippen molar-refractivity contribution in [2.75, 3.05) is 6.61 Å². The summed E-state index contributed by atoms with van der Waals surface area (Å²) in [5.41, 5.74) is 5.79. The maximum absolute atomic E-state index is 5.79. The van der Waals surface area contributed by atoms with E-state index in [1.807, 2.05) is 0 Å². The fourth-order valence-corrected chi connectivity index (χ4v) is 2.01. The Bertz CT molecular complexity index is 115. The maximum atomic E-state index is 5.79. The third-order valence-electron chi connectivity index (χ3n) is 2.56. The Hall–Kier alpha value is -0.0800. The van der Waals surface area contributed by atoms with Crippen LogP contribution in [0.25, 0.3) is 0 Å². The lowest BCUT2D eigenvalue weighted by atomic mass is 10.0. The van der Waals surface area contributed by atoms with Gasteiger partial charge in [0.2, 0.25) is 0 Å². The van der Waals surface area contributed by atoms with Gasteiger partial charge >= 0.3 is 0 Å². The second kappa shape index (κ2) is 1.96. The highest BCUT2D eigenvalue weighted by atomic mass is 16.5. The molecule has 1 saturated carbocycles. The van der Waals surface area contributed by atoms with E-state index in [9.17, 15) is 0 Å². The molecule has 1 aliphatic heterocycles. The van der Waals surface area contributed by atoms with Crippen LogP contribution in [0.2, 0.25) is 0 Å². The Balaban J connectivity index is 2.07. The number of rotatable bonds is 0. The van der Waals surface area contributed by atoms with Crippen molar-refractivity contribution in [3.05, 3.63) is 0 Å². The van der Waals surface area contributed by atoms with Crippen molar-refractivity contribution in [3.63, 3.8) is 0 Å². The third-order valence-corrected chi connectivity index (χ3v) is 2.56. The van der Waals surface area contributed by atoms with Crippen molar-refractivity contribution in [3.8, 4) is 0 Å². The van der Waals surface area contributed by atoms with E-state index < -0.39 is 0 Å². The van der Waals surface area contributed by atoms with Gasteiger partial charge in [-0.05, 0) is 12.8 Å². The Labute approximate surface area is 55.4 Å². The smallest absolute Gasteiger partial charge is 0.0625 e. The number of hydrogen-bond donors (Lipinski definition) is 1. The Morgan fingerprint density at radius 1 is 1.33 bits per heavy atom. The first kappa shape index (κ1) is 5.69. The molecule has 2 nitrogen and oxygen atoms in total. The summed E-state index contributed by atoms with van der Waals surface area (Å²) in [6.07, 6.45) is 4.40. The first-order chi connectivity index (χ1) is 4.38. The molecule has 3 unspecified atom stereocenters. The van der Waals surface area contributed by atoms with Crippen LogP contribution in [0, 0.1) is 5.92 Å². The van der Waals surface area contributed by atoms with E-state index in [0.29, 0.717) is 18.1 Å². The molecule has 0 spiro atoms. The van der Waals surface area contributed by atoms with Gasteiger partial charge in [0.15, 0.2) is 0 Å². The van der Waals surface area contributed by atoms with Gasteiger partial charge < -0.3 is 10.5 Å². The van der Waals surface area contributed by atoms with E-state index >= 15 is 0 Å². The van der Waals surface area contributed by atoms with Crippen LogP contribution in [0.15, 0.2) is 0 Å². The van der Waals surface area contributed by atoms with Crippen molar-refractivity contribution < 1.29 is 4.74 Å². The van der Waals surface area contributed by atoms with E-state index in [-0.39, 0.29) is 0 Å². The van der Waals surface area contributed by atoms with Gasteiger partial charge in [-0.15, -0.1) is 0 Å². The molecule has 1 heterocycles. The molecule has 52 valence electrons. The average Bonchev–Trinajstić information content (AvgIpc) is 2.35. The van der Waals surface area contributed by atoms with Crippen molar-refractivity contribution in [1.29, 1.82) is 0 Å². The topological polar surface area (TPSA) is 35.2 Å². The summed E-state index contributed by atoms with van der Waals surface area (Å²) >= 11 is 0. The van der Waals surface area contributed by atoms with Crippen LogP contribution in [0.4, 0.5) is 0 Å². The molecule has 9 heavy (non-hydrogen) atoms. The second-order valence-corrected chi connectivity index (χ2v) is 3.13. The maximum Gasteiger partial charge on any atom is 0.0625 e. The standard InChI is InChI=1S/C7H13NO/c8-6-4-9-7-3-1-2-5(6)7/h5-7H,1-4,8H2. The molecule has 0 aromatic heterocycles. The number of fused-ring (bicyclic) bond motifs is 1. The molecule has 0 amide bonds. The Morgan fingerprint density at radius 3 is 3.00 bits per heavy atom. The minimum Gasteiger partial charge on any atom is -0.376 e. The van der Waals surface area contributed by atoms with Gasteiger partial charge in [-0.1, -0.05) is 6.42 Å². The van der Waals surface area contributed by atoms with E-state index in [1.165, 1.54) is 19.3 Å². The molecule has 2 aliphatic rings. The SMILES string of the molecule is NC1COC2CCCC12. The molecule has 2 N–H and O–H groups in total. The van der Waals surface area contributed by atoms with Crippen LogP contribution in [0.3, 0.4) is 0 Å². The molecule has 0 bridgehead atoms. The predicted molar refractivity (Wildman–Crippen MR) is 35.1 cm³/mol. The highest BCUT2D eigenvalue weighted by molar-refractivity contribution is 4.90. The van der Waals surface area contributed by atoms with Gasteiger partial charge in [0, 0.05) is 12.0 Å². The van der Waals surface area contributed by atoms with Gasteiger partial charge in [-0.2, -0.15) is 0 Å². The summed E-state index contributed by atoms with van der Waals surface area (Å²) in [4.78, 5) is 0. The summed E-state index contributed by atoms with van der Waals surface area (Å²) in [5, 5.41) is 0. The lowest BCUT2D eigenvalue weighted by Crippen LogP contribution is -2.28. The van der Waals surface area contributed by atoms with Crippen LogP contribution in [0.1, 0.15) is 19.3 Å². The largest absolute Gasteiger partial charge is 0.376 e. The van der Waals surface area contributed by atoms with Crippen LogP contribution in [0.5, 0.6) is 0 Å². The van der Waals surface area contributed by atoms with Crippen LogP contribution in [-0.4, -0.2) is 18.8 Å². The summed E-state index contributed by atoms with van der Waals surface area (Å²) in [6, 6.07) is 0.345. The fourth-order valence-electron chi connectivity index (χ4n) is 2.01. The average molecular weight is 127 g/mol. The van der Waals surface area contributed by atoms with Gasteiger partial charge in [0.1, 0.15) is 0 Å². The van der Waals surface area contributed by atoms with E-state index in [2.05, 4.69) is 0 Å².